The van der Waals surface area contributed by atoms with E-state index in [1.54, 1.807) is 6.20 Å². The first kappa shape index (κ1) is 30.4. The minimum absolute atomic E-state index is 0.0749. The quantitative estimate of drug-likeness (QED) is 0.195. The van der Waals surface area contributed by atoms with E-state index in [1.807, 2.05) is 101 Å². The Morgan fingerprint density at radius 3 is 2.13 bits per heavy atom. The van der Waals surface area contributed by atoms with Gasteiger partial charge in [-0.25, -0.2) is 9.83 Å². The molecule has 1 N–H and O–H groups in total. The van der Waals surface area contributed by atoms with Gasteiger partial charge in [0.2, 0.25) is 0 Å². The number of para-hydroxylation sites is 2. The van der Waals surface area contributed by atoms with Gasteiger partial charge in [-0.2, -0.15) is 0 Å². The third kappa shape index (κ3) is 5.81. The molecule has 0 saturated heterocycles. The van der Waals surface area contributed by atoms with Crippen LogP contribution in [0.4, 0.5) is 5.69 Å². The van der Waals surface area contributed by atoms with Gasteiger partial charge in [-0.05, 0) is 75.9 Å². The number of nitrogens with zero attached hydrogens (tertiary/aromatic N) is 4. The van der Waals surface area contributed by atoms with Crippen LogP contribution in [-0.2, 0) is 10.8 Å². The Hall–Kier alpha value is -5.21. The summed E-state index contributed by atoms with van der Waals surface area (Å²) in [7, 11) is 0. The Balaban J connectivity index is 1.73. The summed E-state index contributed by atoms with van der Waals surface area (Å²) in [6.07, 6.45) is 1.78. The lowest BCUT2D eigenvalue weighted by atomic mass is 9.77. The summed E-state index contributed by atoms with van der Waals surface area (Å²) in [6.45, 7) is 24.3. The third-order valence-corrected chi connectivity index (χ3v) is 8.66. The van der Waals surface area contributed by atoms with Crippen molar-refractivity contribution in [3.8, 4) is 45.2 Å². The number of hydrogen-bond acceptors (Lipinski definition) is 3. The number of benzene rings is 4. The van der Waals surface area contributed by atoms with E-state index in [-0.39, 0.29) is 11.2 Å². The van der Waals surface area contributed by atoms with Crippen LogP contribution in [0.15, 0.2) is 97.2 Å². The van der Waals surface area contributed by atoms with Gasteiger partial charge < -0.3 is 5.11 Å². The van der Waals surface area contributed by atoms with Gasteiger partial charge in [0.25, 0.3) is 0 Å². The van der Waals surface area contributed by atoms with Crippen LogP contribution in [0.25, 0.3) is 55.3 Å². The van der Waals surface area contributed by atoms with Crippen molar-refractivity contribution < 1.29 is 6.48 Å². The number of rotatable bonds is 5. The number of aromatic hydroxyl groups is 1. The van der Waals surface area contributed by atoms with E-state index in [1.165, 1.54) is 0 Å². The van der Waals surface area contributed by atoms with Crippen molar-refractivity contribution >= 4 is 16.7 Å². The highest BCUT2D eigenvalue weighted by molar-refractivity contribution is 5.97. The van der Waals surface area contributed by atoms with Gasteiger partial charge in [0.1, 0.15) is 11.6 Å². The summed E-state index contributed by atoms with van der Waals surface area (Å²) in [5.41, 5.74) is 8.75. The smallest absolute Gasteiger partial charge is 0.198 e. The van der Waals surface area contributed by atoms with Gasteiger partial charge >= 0.3 is 0 Å². The second-order valence-electron chi connectivity index (χ2n) is 14.4. The summed E-state index contributed by atoms with van der Waals surface area (Å²) in [5.74, 6) is -0.174. The fourth-order valence-corrected chi connectivity index (χ4v) is 6.34. The zero-order valence-corrected chi connectivity index (χ0v) is 28.5. The number of aromatic nitrogens is 3. The first-order valence-corrected chi connectivity index (χ1v) is 16.0. The maximum absolute atomic E-state index is 12.1. The second-order valence-corrected chi connectivity index (χ2v) is 14.4. The number of pyridine rings is 1. The van der Waals surface area contributed by atoms with Crippen molar-refractivity contribution in [2.75, 3.05) is 0 Å². The van der Waals surface area contributed by atoms with Gasteiger partial charge in [0.05, 0.1) is 28.9 Å². The molecule has 6 aromatic rings. The van der Waals surface area contributed by atoms with Crippen LogP contribution in [0.1, 0.15) is 79.3 Å². The minimum Gasteiger partial charge on any atom is -0.508 e. The van der Waals surface area contributed by atoms with E-state index < -0.39 is 11.3 Å². The van der Waals surface area contributed by atoms with Gasteiger partial charge in [0, 0.05) is 29.9 Å². The van der Waals surface area contributed by atoms with Crippen LogP contribution in [0.2, 0.25) is 0 Å². The molecule has 0 aliphatic rings. The summed E-state index contributed by atoms with van der Waals surface area (Å²) in [5, 5.41) is 12.1. The molecule has 0 aliphatic carbocycles. The van der Waals surface area contributed by atoms with E-state index >= 15 is 0 Å². The molecule has 5 heteroatoms. The molecule has 5 nitrogen and oxygen atoms in total. The number of hydrogen-bond donors (Lipinski definition) is 1. The zero-order chi connectivity index (χ0) is 34.6. The predicted molar refractivity (Wildman–Crippen MR) is 195 cm³/mol. The number of phenolic OH excluding ortho intramolecular Hbond substituents is 1. The van der Waals surface area contributed by atoms with E-state index in [4.69, 9.17) is 12.9 Å². The van der Waals surface area contributed by atoms with Crippen molar-refractivity contribution in [2.45, 2.75) is 72.1 Å². The molecule has 0 bridgehead atoms. The van der Waals surface area contributed by atoms with E-state index in [0.29, 0.717) is 22.6 Å². The molecule has 0 aliphatic heterocycles. The monoisotopic (exact) mass is 619 g/mol. The first-order valence-electron chi connectivity index (χ1n) is 16.5. The van der Waals surface area contributed by atoms with E-state index in [9.17, 15) is 5.11 Å². The van der Waals surface area contributed by atoms with Crippen molar-refractivity contribution in [3.63, 3.8) is 0 Å². The van der Waals surface area contributed by atoms with Crippen LogP contribution in [0.5, 0.6) is 5.75 Å². The van der Waals surface area contributed by atoms with Gasteiger partial charge in [-0.15, -0.1) is 0 Å². The molecular formula is C42H42N4O. The van der Waals surface area contributed by atoms with Crippen molar-refractivity contribution in [3.05, 3.63) is 125 Å². The lowest BCUT2D eigenvalue weighted by molar-refractivity contribution is 0.448. The molecule has 6 rings (SSSR count). The molecule has 0 saturated carbocycles. The van der Waals surface area contributed by atoms with Gasteiger partial charge in [-0.3, -0.25) is 9.55 Å². The first-order chi connectivity index (χ1) is 22.6. The second kappa shape index (κ2) is 11.9. The zero-order valence-electron chi connectivity index (χ0n) is 29.5. The molecule has 0 unspecified atom stereocenters. The lowest BCUT2D eigenvalue weighted by Gasteiger charge is -2.29. The Bertz CT molecular complexity index is 2190. The molecule has 0 spiro atoms. The van der Waals surface area contributed by atoms with Crippen LogP contribution in [-0.4, -0.2) is 19.6 Å². The Labute approximate surface area is 279 Å². The number of imidazole rings is 1. The molecule has 0 amide bonds. The standard InChI is InChI=1S/C42H42N4O/c1-26(2)27-22-28(24-29(23-27)34-19-13-14-21-44-34)31-18-15-20-35-37(31)45-40(46(35)30-16-11-10-12-17-30)32-25-33(41(3,4)5)38(43-9)36(39(32)47)42(6,7)8/h10-26,47H,1-8H3/i26D. The largest absolute Gasteiger partial charge is 0.508 e. The van der Waals surface area contributed by atoms with Gasteiger partial charge in [-0.1, -0.05) is 104 Å². The maximum Gasteiger partial charge on any atom is 0.198 e. The SMILES string of the molecule is [2H]C(C)(C)c1cc(-c2ccccn2)cc(-c2cccc3c2nc(-c2cc(C(C)(C)C)c([N+]#[C-])c(C(C)(C)C)c2O)n3-c2ccccc2)c1. The summed E-state index contributed by atoms with van der Waals surface area (Å²) < 4.78 is 11.0. The van der Waals surface area contributed by atoms with Crippen LogP contribution < -0.4 is 0 Å². The highest BCUT2D eigenvalue weighted by atomic mass is 16.3. The lowest BCUT2D eigenvalue weighted by Crippen LogP contribution is -2.18. The minimum atomic E-state index is -0.842. The molecule has 47 heavy (non-hydrogen) atoms. The molecule has 0 radical (unpaired) electrons. The topological polar surface area (TPSA) is 55.3 Å². The van der Waals surface area contributed by atoms with E-state index in [2.05, 4.69) is 59.4 Å². The highest BCUT2D eigenvalue weighted by Crippen LogP contribution is 2.50. The maximum atomic E-state index is 12.1. The van der Waals surface area contributed by atoms with Crippen LogP contribution in [0.3, 0.4) is 0 Å². The molecule has 2 heterocycles. The van der Waals surface area contributed by atoms with E-state index in [0.717, 1.165) is 50.2 Å². The fourth-order valence-electron chi connectivity index (χ4n) is 6.34. The Morgan fingerprint density at radius 1 is 0.809 bits per heavy atom. The molecular weight excluding hydrogens is 576 g/mol. The predicted octanol–water partition coefficient (Wildman–Crippen LogP) is 11.4. The fraction of sp³-hybridized carbons (Fsp3) is 0.262. The normalized spacial score (nSPS) is 12.6. The van der Waals surface area contributed by atoms with Crippen molar-refractivity contribution in [1.29, 1.82) is 0 Å². The van der Waals surface area contributed by atoms with Crippen LogP contribution >= 0.6 is 0 Å². The molecule has 4 aromatic carbocycles. The number of phenols is 1. The molecule has 2 aromatic heterocycles. The Morgan fingerprint density at radius 2 is 1.51 bits per heavy atom. The van der Waals surface area contributed by atoms with Crippen molar-refractivity contribution in [2.24, 2.45) is 0 Å². The molecule has 0 fully saturated rings. The Kier molecular flexibility index (Phi) is 7.68. The third-order valence-electron chi connectivity index (χ3n) is 8.66. The summed E-state index contributed by atoms with van der Waals surface area (Å²) in [6, 6.07) is 30.3. The average Bonchev–Trinajstić information content (AvgIpc) is 3.43. The average molecular weight is 620 g/mol. The summed E-state index contributed by atoms with van der Waals surface area (Å²) in [4.78, 5) is 14.0. The molecule has 0 atom stereocenters. The summed E-state index contributed by atoms with van der Waals surface area (Å²) >= 11 is 0. The van der Waals surface area contributed by atoms with Crippen LogP contribution in [0, 0.1) is 6.57 Å². The molecule has 236 valence electrons. The highest BCUT2D eigenvalue weighted by Gasteiger charge is 2.33. The number of fused-ring (bicyclic) bond motifs is 1. The van der Waals surface area contributed by atoms with Gasteiger partial charge in [0.15, 0.2) is 5.69 Å². The van der Waals surface area contributed by atoms with Crippen molar-refractivity contribution in [1.82, 2.24) is 14.5 Å².